The van der Waals surface area contributed by atoms with Gasteiger partial charge in [0.2, 0.25) is 0 Å². The first-order valence-corrected chi connectivity index (χ1v) is 7.47. The van der Waals surface area contributed by atoms with Crippen LogP contribution < -0.4 is 5.32 Å². The number of nitrogens with one attached hydrogen (secondary N) is 1. The average molecular weight is 359 g/mol. The van der Waals surface area contributed by atoms with Gasteiger partial charge in [-0.2, -0.15) is 0 Å². The second-order valence-corrected chi connectivity index (χ2v) is 5.96. The maximum Gasteiger partial charge on any atom is 0.0643 e. The van der Waals surface area contributed by atoms with Crippen LogP contribution in [0.4, 0.5) is 0 Å². The molecule has 2 aromatic carbocycles. The number of hydrogen-bond acceptors (Lipinski definition) is 1. The highest BCUT2D eigenvalue weighted by atomic mass is 79.9. The van der Waals surface area contributed by atoms with Gasteiger partial charge in [0, 0.05) is 4.47 Å². The van der Waals surface area contributed by atoms with Gasteiger partial charge < -0.3 is 5.32 Å². The van der Waals surface area contributed by atoms with Gasteiger partial charge in [0.15, 0.2) is 0 Å². The Bertz CT molecular complexity index is 547. The molecule has 0 heterocycles. The summed E-state index contributed by atoms with van der Waals surface area (Å²) >= 11 is 16.0. The van der Waals surface area contributed by atoms with E-state index in [2.05, 4.69) is 34.2 Å². The van der Waals surface area contributed by atoms with Crippen LogP contribution in [-0.2, 0) is 0 Å². The van der Waals surface area contributed by atoms with Crippen LogP contribution in [0.5, 0.6) is 0 Å². The molecule has 0 amide bonds. The topological polar surface area (TPSA) is 12.0 Å². The highest BCUT2D eigenvalue weighted by Crippen LogP contribution is 2.35. The molecule has 1 N–H and O–H groups in total. The lowest BCUT2D eigenvalue weighted by Gasteiger charge is -2.21. The molecule has 2 rings (SSSR count). The molecule has 0 aliphatic carbocycles. The quantitative estimate of drug-likeness (QED) is 0.777. The molecular formula is C15H14BrCl2N. The van der Waals surface area contributed by atoms with Crippen molar-refractivity contribution >= 4 is 39.1 Å². The van der Waals surface area contributed by atoms with Gasteiger partial charge in [-0.05, 0) is 42.8 Å². The third-order valence-electron chi connectivity index (χ3n) is 3.20. The summed E-state index contributed by atoms with van der Waals surface area (Å²) in [5.74, 6) is 0. The van der Waals surface area contributed by atoms with Crippen LogP contribution in [0, 0.1) is 6.92 Å². The molecule has 1 nitrogen and oxygen atoms in total. The first-order valence-electron chi connectivity index (χ1n) is 5.92. The van der Waals surface area contributed by atoms with Crippen molar-refractivity contribution in [3.63, 3.8) is 0 Å². The zero-order valence-electron chi connectivity index (χ0n) is 10.7. The summed E-state index contributed by atoms with van der Waals surface area (Å²) in [6.45, 7) is 2.09. The van der Waals surface area contributed by atoms with E-state index in [1.165, 1.54) is 11.1 Å². The van der Waals surface area contributed by atoms with Gasteiger partial charge in [-0.25, -0.2) is 0 Å². The van der Waals surface area contributed by atoms with Crippen molar-refractivity contribution in [3.8, 4) is 0 Å². The predicted molar refractivity (Wildman–Crippen MR) is 86.2 cm³/mol. The largest absolute Gasteiger partial charge is 0.309 e. The first-order chi connectivity index (χ1) is 9.06. The summed E-state index contributed by atoms with van der Waals surface area (Å²) in [6, 6.07) is 11.9. The predicted octanol–water partition coefficient (Wildman–Crippen LogP) is 5.37. The molecule has 0 aromatic heterocycles. The van der Waals surface area contributed by atoms with Crippen LogP contribution >= 0.6 is 39.1 Å². The maximum absolute atomic E-state index is 6.33. The van der Waals surface area contributed by atoms with Crippen LogP contribution in [0.2, 0.25) is 10.0 Å². The molecule has 1 atom stereocenters. The standard InChI is InChI=1S/C15H14BrCl2N/c1-9-10(5-3-7-12(9)16)15(19-2)11-6-4-8-13(17)14(11)18/h3-8,15,19H,1-2H3. The van der Waals surface area contributed by atoms with E-state index in [1.807, 2.05) is 31.3 Å². The summed E-state index contributed by atoms with van der Waals surface area (Å²) in [4.78, 5) is 0. The second-order valence-electron chi connectivity index (χ2n) is 4.32. The molecule has 0 radical (unpaired) electrons. The molecule has 0 aliphatic heterocycles. The van der Waals surface area contributed by atoms with Crippen LogP contribution in [0.1, 0.15) is 22.7 Å². The van der Waals surface area contributed by atoms with Gasteiger partial charge in [-0.1, -0.05) is 63.4 Å². The van der Waals surface area contributed by atoms with E-state index < -0.39 is 0 Å². The molecule has 2 aromatic rings. The van der Waals surface area contributed by atoms with Crippen LogP contribution in [0.25, 0.3) is 0 Å². The minimum Gasteiger partial charge on any atom is -0.309 e. The molecular weight excluding hydrogens is 345 g/mol. The van der Waals surface area contributed by atoms with Gasteiger partial charge in [-0.15, -0.1) is 0 Å². The van der Waals surface area contributed by atoms with Gasteiger partial charge in [0.25, 0.3) is 0 Å². The van der Waals surface area contributed by atoms with Crippen molar-refractivity contribution in [1.82, 2.24) is 5.32 Å². The van der Waals surface area contributed by atoms with E-state index in [-0.39, 0.29) is 6.04 Å². The third kappa shape index (κ3) is 2.97. The lowest BCUT2D eigenvalue weighted by molar-refractivity contribution is 0.687. The molecule has 0 fully saturated rings. The monoisotopic (exact) mass is 357 g/mol. The van der Waals surface area contributed by atoms with Crippen LogP contribution in [-0.4, -0.2) is 7.05 Å². The molecule has 0 aliphatic rings. The Labute approximate surface area is 132 Å². The minimum atomic E-state index is 0.0173. The number of hydrogen-bond donors (Lipinski definition) is 1. The van der Waals surface area contributed by atoms with E-state index >= 15 is 0 Å². The smallest absolute Gasteiger partial charge is 0.0643 e. The lowest BCUT2D eigenvalue weighted by atomic mass is 9.95. The summed E-state index contributed by atoms with van der Waals surface area (Å²) < 4.78 is 1.09. The lowest BCUT2D eigenvalue weighted by Crippen LogP contribution is -2.19. The normalized spacial score (nSPS) is 12.5. The van der Waals surface area contributed by atoms with Crippen LogP contribution in [0.15, 0.2) is 40.9 Å². The molecule has 0 saturated carbocycles. The van der Waals surface area contributed by atoms with Crippen molar-refractivity contribution in [2.75, 3.05) is 7.05 Å². The molecule has 1 unspecified atom stereocenters. The van der Waals surface area contributed by atoms with Crippen molar-refractivity contribution in [2.24, 2.45) is 0 Å². The highest BCUT2D eigenvalue weighted by molar-refractivity contribution is 9.10. The Morgan fingerprint density at radius 3 is 2.37 bits per heavy atom. The Hall–Kier alpha value is -0.540. The zero-order chi connectivity index (χ0) is 14.0. The number of halogens is 3. The molecule has 0 saturated heterocycles. The minimum absolute atomic E-state index is 0.0173. The van der Waals surface area contributed by atoms with E-state index in [9.17, 15) is 0 Å². The highest BCUT2D eigenvalue weighted by Gasteiger charge is 2.19. The Morgan fingerprint density at radius 2 is 1.68 bits per heavy atom. The number of benzene rings is 2. The summed E-state index contributed by atoms with van der Waals surface area (Å²) in [7, 11) is 1.92. The SMILES string of the molecule is CNC(c1cccc(Br)c1C)c1cccc(Cl)c1Cl. The summed E-state index contributed by atoms with van der Waals surface area (Å²) in [5.41, 5.74) is 3.36. The van der Waals surface area contributed by atoms with E-state index in [1.54, 1.807) is 6.07 Å². The van der Waals surface area contributed by atoms with Gasteiger partial charge in [0.05, 0.1) is 16.1 Å². The third-order valence-corrected chi connectivity index (χ3v) is 4.89. The van der Waals surface area contributed by atoms with E-state index in [0.717, 1.165) is 10.0 Å². The molecule has 4 heteroatoms. The van der Waals surface area contributed by atoms with Gasteiger partial charge >= 0.3 is 0 Å². The van der Waals surface area contributed by atoms with Crippen molar-refractivity contribution in [1.29, 1.82) is 0 Å². The van der Waals surface area contributed by atoms with E-state index in [4.69, 9.17) is 23.2 Å². The molecule has 100 valence electrons. The Morgan fingerprint density at radius 1 is 1.05 bits per heavy atom. The summed E-state index contributed by atoms with van der Waals surface area (Å²) in [6.07, 6.45) is 0. The zero-order valence-corrected chi connectivity index (χ0v) is 13.8. The van der Waals surface area contributed by atoms with Crippen molar-refractivity contribution in [3.05, 3.63) is 67.6 Å². The fourth-order valence-electron chi connectivity index (χ4n) is 2.16. The van der Waals surface area contributed by atoms with Gasteiger partial charge in [0.1, 0.15) is 0 Å². The molecule has 0 bridgehead atoms. The molecule has 19 heavy (non-hydrogen) atoms. The Kier molecular flexibility index (Phi) is 4.91. The molecule has 0 spiro atoms. The number of rotatable bonds is 3. The second kappa shape index (κ2) is 6.27. The fraction of sp³-hybridized carbons (Fsp3) is 0.200. The maximum atomic E-state index is 6.33. The first kappa shape index (κ1) is 14.9. The van der Waals surface area contributed by atoms with Crippen LogP contribution in [0.3, 0.4) is 0 Å². The van der Waals surface area contributed by atoms with Crippen molar-refractivity contribution in [2.45, 2.75) is 13.0 Å². The van der Waals surface area contributed by atoms with Gasteiger partial charge in [-0.3, -0.25) is 0 Å². The van der Waals surface area contributed by atoms with Crippen molar-refractivity contribution < 1.29 is 0 Å². The summed E-state index contributed by atoms with van der Waals surface area (Å²) in [5, 5.41) is 4.48. The fourth-order valence-corrected chi connectivity index (χ4v) is 2.96. The average Bonchev–Trinajstić information content (AvgIpc) is 2.40. The Balaban J connectivity index is 2.57. The van der Waals surface area contributed by atoms with E-state index in [0.29, 0.717) is 10.0 Å².